The first kappa shape index (κ1) is 40.6. The lowest BCUT2D eigenvalue weighted by Gasteiger charge is -2.15. The molecule has 0 saturated carbocycles. The summed E-state index contributed by atoms with van der Waals surface area (Å²) in [6.07, 6.45) is -0.299. The normalized spacial score (nSPS) is 17.6. The molecule has 0 spiro atoms. The molecule has 0 bridgehead atoms. The molecular formula is C25H37Cl3N4O9S2. The molecule has 2 aromatic rings. The van der Waals surface area contributed by atoms with E-state index in [2.05, 4.69) is 0 Å². The minimum atomic E-state index is -3.61. The van der Waals surface area contributed by atoms with Crippen molar-refractivity contribution < 1.29 is 41.4 Å². The highest BCUT2D eigenvalue weighted by molar-refractivity contribution is 8.14. The molecule has 2 saturated heterocycles. The van der Waals surface area contributed by atoms with Crippen molar-refractivity contribution in [3.05, 3.63) is 71.8 Å². The Morgan fingerprint density at radius 2 is 1.12 bits per heavy atom. The van der Waals surface area contributed by atoms with E-state index in [1.54, 1.807) is 0 Å². The van der Waals surface area contributed by atoms with E-state index in [1.807, 2.05) is 60.7 Å². The third-order valence-electron chi connectivity index (χ3n) is 6.08. The van der Waals surface area contributed by atoms with Gasteiger partial charge in [0.05, 0.1) is 15.8 Å². The summed E-state index contributed by atoms with van der Waals surface area (Å²) in [6, 6.07) is 18.6. The van der Waals surface area contributed by atoms with Crippen LogP contribution in [0.2, 0.25) is 0 Å². The van der Waals surface area contributed by atoms with E-state index in [1.165, 1.54) is 9.80 Å². The van der Waals surface area contributed by atoms with Gasteiger partial charge in [-0.15, -0.1) is 23.2 Å². The Morgan fingerprint density at radius 3 is 1.42 bits per heavy atom. The van der Waals surface area contributed by atoms with Crippen molar-refractivity contribution in [3.63, 3.8) is 0 Å². The van der Waals surface area contributed by atoms with Gasteiger partial charge in [0.2, 0.25) is 19.1 Å². The average Bonchev–Trinajstić information content (AvgIpc) is 3.63. The van der Waals surface area contributed by atoms with Gasteiger partial charge in [-0.2, -0.15) is 0 Å². The zero-order valence-corrected chi connectivity index (χ0v) is 27.1. The van der Waals surface area contributed by atoms with Crippen LogP contribution >= 0.6 is 33.9 Å². The number of nitrogens with zero attached hydrogens (tertiary/aromatic N) is 2. The molecule has 244 valence electrons. The second kappa shape index (κ2) is 19.8. The summed E-state index contributed by atoms with van der Waals surface area (Å²) in [7, 11) is -1.92. The largest absolute Gasteiger partial charge is 0.445 e. The van der Waals surface area contributed by atoms with Crippen LogP contribution in [0.3, 0.4) is 0 Å². The Morgan fingerprint density at radius 1 is 0.767 bits per heavy atom. The van der Waals surface area contributed by atoms with E-state index >= 15 is 0 Å². The first-order chi connectivity index (χ1) is 19.3. The van der Waals surface area contributed by atoms with Gasteiger partial charge >= 0.3 is 12.2 Å². The topological polar surface area (TPSA) is 220 Å². The molecule has 2 unspecified atom stereocenters. The van der Waals surface area contributed by atoms with Crippen LogP contribution in [0.4, 0.5) is 9.59 Å². The number of likely N-dealkylation sites (tertiary alicyclic amines) is 2. The lowest BCUT2D eigenvalue weighted by atomic mass is 10.2. The number of nitrogens with two attached hydrogens (primary N) is 1. The van der Waals surface area contributed by atoms with E-state index in [-0.39, 0.29) is 43.3 Å². The summed E-state index contributed by atoms with van der Waals surface area (Å²) in [5, 5.41) is 3.88. The van der Waals surface area contributed by atoms with E-state index in [0.717, 1.165) is 11.1 Å². The van der Waals surface area contributed by atoms with Crippen molar-refractivity contribution in [2.24, 2.45) is 5.14 Å². The second-order valence-corrected chi connectivity index (χ2v) is 14.5. The first-order valence-electron chi connectivity index (χ1n) is 12.3. The number of ether oxygens (including phenoxy) is 2. The minimum absolute atomic E-state index is 0. The SMILES string of the molecule is ClCCl.N.NS(=O)(=O)C1CCN(C(=O)OCc2ccccc2)C1.O.O=C(OCc1ccccc1)N1CCC(S(=O)(=O)Cl)C1. The first-order valence-corrected chi connectivity index (χ1v) is 17.4. The van der Waals surface area contributed by atoms with Gasteiger partial charge in [-0.05, 0) is 24.0 Å². The average molecular weight is 708 g/mol. The number of carbonyl (C=O) groups excluding carboxylic acids is 2. The maximum absolute atomic E-state index is 11.8. The highest BCUT2D eigenvalue weighted by Crippen LogP contribution is 2.21. The summed E-state index contributed by atoms with van der Waals surface area (Å²) >= 11 is 9.53. The Balaban J connectivity index is 0.000000721. The molecule has 2 fully saturated rings. The number of sulfonamides is 1. The van der Waals surface area contributed by atoms with Crippen LogP contribution in [0.15, 0.2) is 60.7 Å². The summed E-state index contributed by atoms with van der Waals surface area (Å²) in [5.41, 5.74) is 1.77. The molecule has 18 heteroatoms. The number of primary sulfonamides is 1. The Hall–Kier alpha value is -2.37. The number of alkyl halides is 2. The molecule has 4 rings (SSSR count). The molecule has 2 heterocycles. The number of halogens is 3. The van der Waals surface area contributed by atoms with Crippen LogP contribution in [0.1, 0.15) is 24.0 Å². The van der Waals surface area contributed by atoms with Crippen molar-refractivity contribution in [1.29, 1.82) is 0 Å². The molecule has 0 radical (unpaired) electrons. The molecule has 2 aliphatic rings. The molecule has 2 aromatic carbocycles. The Kier molecular flexibility index (Phi) is 18.7. The van der Waals surface area contributed by atoms with E-state index in [9.17, 15) is 26.4 Å². The Labute approximate surface area is 266 Å². The highest BCUT2D eigenvalue weighted by atomic mass is 35.7. The number of rotatable bonds is 6. The van der Waals surface area contributed by atoms with Gasteiger partial charge in [0, 0.05) is 36.9 Å². The maximum Gasteiger partial charge on any atom is 0.410 e. The standard InChI is InChI=1S/C12H14ClNO4S.C12H16N2O4S.CH2Cl2.H3N.H2O/c2*13-19(16,17)11-6-7-14(8-11)12(15)18-9-10-4-2-1-3-5-10;2-1-3;;/h1-5,11H,6-9H2;1-5,11H,6-9H2,(H2,13,16,17);1H2;1H3;1H2. The van der Waals surface area contributed by atoms with Crippen LogP contribution in [0.5, 0.6) is 0 Å². The molecule has 2 aliphatic heterocycles. The van der Waals surface area contributed by atoms with Crippen LogP contribution < -0.4 is 11.3 Å². The van der Waals surface area contributed by atoms with Crippen molar-refractivity contribution in [1.82, 2.24) is 16.0 Å². The van der Waals surface area contributed by atoms with Gasteiger partial charge in [0.1, 0.15) is 13.2 Å². The fourth-order valence-electron chi connectivity index (χ4n) is 3.91. The maximum atomic E-state index is 11.8. The van der Waals surface area contributed by atoms with Crippen molar-refractivity contribution >= 4 is 65.1 Å². The van der Waals surface area contributed by atoms with Crippen LogP contribution in [-0.4, -0.2) is 86.3 Å². The molecular weight excluding hydrogens is 671 g/mol. The Bertz CT molecular complexity index is 1220. The molecule has 0 aliphatic carbocycles. The van der Waals surface area contributed by atoms with Gasteiger partial charge < -0.3 is 30.9 Å². The molecule has 2 amide bonds. The van der Waals surface area contributed by atoms with Gasteiger partial charge in [-0.3, -0.25) is 0 Å². The third-order valence-corrected chi connectivity index (χ3v) is 9.33. The fraction of sp³-hybridized carbons (Fsp3) is 0.440. The van der Waals surface area contributed by atoms with Crippen molar-refractivity contribution in [3.8, 4) is 0 Å². The van der Waals surface area contributed by atoms with Crippen LogP contribution in [0.25, 0.3) is 0 Å². The summed E-state index contributed by atoms with van der Waals surface area (Å²) in [5.74, 6) is 0. The van der Waals surface area contributed by atoms with Crippen molar-refractivity contribution in [2.75, 3.05) is 31.5 Å². The molecule has 7 N–H and O–H groups in total. The lowest BCUT2D eigenvalue weighted by molar-refractivity contribution is 0.104. The predicted molar refractivity (Wildman–Crippen MR) is 166 cm³/mol. The summed E-state index contributed by atoms with van der Waals surface area (Å²) in [4.78, 5) is 26.3. The van der Waals surface area contributed by atoms with E-state index < -0.39 is 41.8 Å². The molecule has 0 aromatic heterocycles. The van der Waals surface area contributed by atoms with Gasteiger partial charge in [0.15, 0.2) is 0 Å². The van der Waals surface area contributed by atoms with E-state index in [0.29, 0.717) is 25.9 Å². The highest BCUT2D eigenvalue weighted by Gasteiger charge is 2.35. The third kappa shape index (κ3) is 14.8. The number of hydrogen-bond acceptors (Lipinski definition) is 9. The van der Waals surface area contributed by atoms with Crippen LogP contribution in [0, 0.1) is 0 Å². The number of benzene rings is 2. The molecule has 2 atom stereocenters. The predicted octanol–water partition coefficient (Wildman–Crippen LogP) is 3.41. The van der Waals surface area contributed by atoms with Gasteiger partial charge in [0.25, 0.3) is 0 Å². The van der Waals surface area contributed by atoms with Crippen molar-refractivity contribution in [2.45, 2.75) is 36.6 Å². The zero-order valence-electron chi connectivity index (χ0n) is 23.2. The molecule has 43 heavy (non-hydrogen) atoms. The number of hydrogen-bond donors (Lipinski definition) is 2. The smallest absolute Gasteiger partial charge is 0.410 e. The summed E-state index contributed by atoms with van der Waals surface area (Å²) < 4.78 is 54.9. The lowest BCUT2D eigenvalue weighted by Crippen LogP contribution is -2.34. The number of amides is 2. The van der Waals surface area contributed by atoms with Crippen LogP contribution in [-0.2, 0) is 41.8 Å². The number of carbonyl (C=O) groups is 2. The molecule has 13 nitrogen and oxygen atoms in total. The zero-order chi connectivity index (χ0) is 30.5. The van der Waals surface area contributed by atoms with Gasteiger partial charge in [-0.25, -0.2) is 31.6 Å². The van der Waals surface area contributed by atoms with Gasteiger partial charge in [-0.1, -0.05) is 60.7 Å². The monoisotopic (exact) mass is 706 g/mol. The second-order valence-electron chi connectivity index (χ2n) is 8.96. The minimum Gasteiger partial charge on any atom is -0.445 e. The fourth-order valence-corrected chi connectivity index (χ4v) is 5.91. The van der Waals surface area contributed by atoms with E-state index in [4.69, 9.17) is 48.5 Å². The quantitative estimate of drug-likeness (QED) is 0.331. The summed E-state index contributed by atoms with van der Waals surface area (Å²) in [6.45, 7) is 1.26.